The molecule has 0 spiro atoms. The Morgan fingerprint density at radius 2 is 2.26 bits per heavy atom. The Hall–Kier alpha value is -1.42. The van der Waals surface area contributed by atoms with Gasteiger partial charge in [0.25, 0.3) is 0 Å². The summed E-state index contributed by atoms with van der Waals surface area (Å²) in [5.41, 5.74) is 2.09. The summed E-state index contributed by atoms with van der Waals surface area (Å²) in [5.74, 6) is -0.0920. The standard InChI is InChI=1S/C15H21FN2O/c1-11-10-13(16)6-5-12(11)7-9-17-14-4-2-3-8-18-15(14)19/h5-6,10,14,17H,2-4,7-9H2,1H3,(H,18,19). The number of aryl methyl sites for hydroxylation is 1. The monoisotopic (exact) mass is 264 g/mol. The molecule has 1 aliphatic rings. The number of hydrogen-bond donors (Lipinski definition) is 2. The molecule has 1 aliphatic heterocycles. The van der Waals surface area contributed by atoms with E-state index in [9.17, 15) is 9.18 Å². The van der Waals surface area contributed by atoms with Crippen molar-refractivity contribution in [1.82, 2.24) is 10.6 Å². The van der Waals surface area contributed by atoms with Gasteiger partial charge in [0.05, 0.1) is 6.04 Å². The van der Waals surface area contributed by atoms with Crippen molar-refractivity contribution in [2.45, 2.75) is 38.6 Å². The summed E-state index contributed by atoms with van der Waals surface area (Å²) in [4.78, 5) is 11.7. The lowest BCUT2D eigenvalue weighted by Gasteiger charge is -2.15. The molecule has 1 fully saturated rings. The van der Waals surface area contributed by atoms with Crippen LogP contribution < -0.4 is 10.6 Å². The van der Waals surface area contributed by atoms with Gasteiger partial charge in [-0.3, -0.25) is 4.79 Å². The largest absolute Gasteiger partial charge is 0.355 e. The summed E-state index contributed by atoms with van der Waals surface area (Å²) in [6, 6.07) is 4.77. The molecule has 2 rings (SSSR count). The van der Waals surface area contributed by atoms with Crippen molar-refractivity contribution in [3.8, 4) is 0 Å². The second kappa shape index (κ2) is 6.66. The molecule has 1 atom stereocenters. The van der Waals surface area contributed by atoms with E-state index in [-0.39, 0.29) is 17.8 Å². The Morgan fingerprint density at radius 3 is 3.05 bits per heavy atom. The van der Waals surface area contributed by atoms with Gasteiger partial charge in [0.15, 0.2) is 0 Å². The number of hydrogen-bond acceptors (Lipinski definition) is 2. The molecule has 3 nitrogen and oxygen atoms in total. The number of carbonyl (C=O) groups excluding carboxylic acids is 1. The van der Waals surface area contributed by atoms with Crippen LogP contribution in [0.25, 0.3) is 0 Å². The zero-order valence-corrected chi connectivity index (χ0v) is 11.3. The first kappa shape index (κ1) is 14.0. The molecule has 0 aromatic heterocycles. The molecule has 104 valence electrons. The average Bonchev–Trinajstić information content (AvgIpc) is 2.57. The zero-order valence-electron chi connectivity index (χ0n) is 11.3. The molecule has 1 aromatic rings. The molecule has 2 N–H and O–H groups in total. The molecule has 1 heterocycles. The van der Waals surface area contributed by atoms with Crippen LogP contribution in [-0.4, -0.2) is 25.0 Å². The Labute approximate surface area is 113 Å². The van der Waals surface area contributed by atoms with Gasteiger partial charge in [-0.25, -0.2) is 4.39 Å². The van der Waals surface area contributed by atoms with E-state index >= 15 is 0 Å². The summed E-state index contributed by atoms with van der Waals surface area (Å²) in [6.07, 6.45) is 3.84. The van der Waals surface area contributed by atoms with Gasteiger partial charge in [-0.15, -0.1) is 0 Å². The molecule has 1 saturated heterocycles. The summed E-state index contributed by atoms with van der Waals surface area (Å²) >= 11 is 0. The maximum Gasteiger partial charge on any atom is 0.237 e. The maximum atomic E-state index is 13.0. The van der Waals surface area contributed by atoms with E-state index in [4.69, 9.17) is 0 Å². The summed E-state index contributed by atoms with van der Waals surface area (Å²) < 4.78 is 13.0. The quantitative estimate of drug-likeness (QED) is 0.872. The average molecular weight is 264 g/mol. The molecule has 19 heavy (non-hydrogen) atoms. The lowest BCUT2D eigenvalue weighted by Crippen LogP contribution is -2.43. The predicted molar refractivity (Wildman–Crippen MR) is 73.5 cm³/mol. The normalized spacial score (nSPS) is 19.9. The highest BCUT2D eigenvalue weighted by Crippen LogP contribution is 2.11. The third-order valence-corrected chi connectivity index (χ3v) is 3.63. The van der Waals surface area contributed by atoms with Crippen LogP contribution in [0.3, 0.4) is 0 Å². The first-order chi connectivity index (χ1) is 9.16. The van der Waals surface area contributed by atoms with E-state index in [2.05, 4.69) is 10.6 Å². The molecule has 1 amide bonds. The minimum Gasteiger partial charge on any atom is -0.355 e. The second-order valence-corrected chi connectivity index (χ2v) is 5.11. The third-order valence-electron chi connectivity index (χ3n) is 3.63. The Balaban J connectivity index is 1.83. The molecular formula is C15H21FN2O. The van der Waals surface area contributed by atoms with E-state index in [1.54, 1.807) is 6.07 Å². The topological polar surface area (TPSA) is 41.1 Å². The molecule has 1 unspecified atom stereocenters. The SMILES string of the molecule is Cc1cc(F)ccc1CCNC1CCCCNC1=O. The van der Waals surface area contributed by atoms with Gasteiger partial charge < -0.3 is 10.6 Å². The van der Waals surface area contributed by atoms with Crippen LogP contribution in [0.5, 0.6) is 0 Å². The number of carbonyl (C=O) groups is 1. The molecule has 0 aliphatic carbocycles. The number of nitrogens with one attached hydrogen (secondary N) is 2. The molecular weight excluding hydrogens is 243 g/mol. The van der Waals surface area contributed by atoms with Crippen LogP contribution >= 0.6 is 0 Å². The third kappa shape index (κ3) is 4.03. The first-order valence-corrected chi connectivity index (χ1v) is 6.93. The highest BCUT2D eigenvalue weighted by Gasteiger charge is 2.19. The van der Waals surface area contributed by atoms with Gasteiger partial charge in [0.1, 0.15) is 5.82 Å². The van der Waals surface area contributed by atoms with Gasteiger partial charge in [-0.2, -0.15) is 0 Å². The van der Waals surface area contributed by atoms with E-state index < -0.39 is 0 Å². The lowest BCUT2D eigenvalue weighted by molar-refractivity contribution is -0.122. The van der Waals surface area contributed by atoms with Gasteiger partial charge in [-0.1, -0.05) is 6.07 Å². The van der Waals surface area contributed by atoms with E-state index in [1.807, 2.05) is 13.0 Å². The van der Waals surface area contributed by atoms with Crippen molar-refractivity contribution in [3.63, 3.8) is 0 Å². The number of amides is 1. The van der Waals surface area contributed by atoms with Crippen LogP contribution in [0.4, 0.5) is 4.39 Å². The van der Waals surface area contributed by atoms with Crippen LogP contribution in [0.15, 0.2) is 18.2 Å². The summed E-state index contributed by atoms with van der Waals surface area (Å²) in [6.45, 7) is 3.44. The first-order valence-electron chi connectivity index (χ1n) is 6.93. The summed E-state index contributed by atoms with van der Waals surface area (Å²) in [7, 11) is 0. The smallest absolute Gasteiger partial charge is 0.237 e. The van der Waals surface area contributed by atoms with Gasteiger partial charge in [0, 0.05) is 6.54 Å². The second-order valence-electron chi connectivity index (χ2n) is 5.11. The minimum atomic E-state index is -0.197. The molecule has 0 bridgehead atoms. The zero-order chi connectivity index (χ0) is 13.7. The predicted octanol–water partition coefficient (Wildman–Crippen LogP) is 1.93. The highest BCUT2D eigenvalue weighted by atomic mass is 19.1. The van der Waals surface area contributed by atoms with E-state index in [1.165, 1.54) is 6.07 Å². The van der Waals surface area contributed by atoms with Crippen molar-refractivity contribution in [3.05, 3.63) is 35.1 Å². The number of benzene rings is 1. The van der Waals surface area contributed by atoms with E-state index in [0.29, 0.717) is 0 Å². The number of rotatable bonds is 4. The summed E-state index contributed by atoms with van der Waals surface area (Å²) in [5, 5.41) is 6.21. The fourth-order valence-electron chi connectivity index (χ4n) is 2.45. The van der Waals surface area contributed by atoms with Crippen LogP contribution in [0.1, 0.15) is 30.4 Å². The Morgan fingerprint density at radius 1 is 1.42 bits per heavy atom. The Kier molecular flexibility index (Phi) is 4.91. The minimum absolute atomic E-state index is 0.0803. The van der Waals surface area contributed by atoms with Crippen LogP contribution in [0.2, 0.25) is 0 Å². The lowest BCUT2D eigenvalue weighted by atomic mass is 10.1. The van der Waals surface area contributed by atoms with Gasteiger partial charge >= 0.3 is 0 Å². The molecule has 0 saturated carbocycles. The van der Waals surface area contributed by atoms with E-state index in [0.717, 1.165) is 49.9 Å². The van der Waals surface area contributed by atoms with Crippen molar-refractivity contribution in [2.24, 2.45) is 0 Å². The fraction of sp³-hybridized carbons (Fsp3) is 0.533. The van der Waals surface area contributed by atoms with Crippen molar-refractivity contribution < 1.29 is 9.18 Å². The van der Waals surface area contributed by atoms with Crippen molar-refractivity contribution in [2.75, 3.05) is 13.1 Å². The Bertz CT molecular complexity index is 448. The van der Waals surface area contributed by atoms with Crippen molar-refractivity contribution >= 4 is 5.91 Å². The highest BCUT2D eigenvalue weighted by molar-refractivity contribution is 5.81. The molecule has 0 radical (unpaired) electrons. The van der Waals surface area contributed by atoms with Crippen LogP contribution in [0, 0.1) is 12.7 Å². The van der Waals surface area contributed by atoms with Gasteiger partial charge in [0.2, 0.25) is 5.91 Å². The van der Waals surface area contributed by atoms with Crippen molar-refractivity contribution in [1.29, 1.82) is 0 Å². The van der Waals surface area contributed by atoms with Crippen LogP contribution in [-0.2, 0) is 11.2 Å². The van der Waals surface area contributed by atoms with Gasteiger partial charge in [-0.05, 0) is 62.4 Å². The molecule has 1 aromatic carbocycles. The number of halogens is 1. The fourth-order valence-corrected chi connectivity index (χ4v) is 2.45. The maximum absolute atomic E-state index is 13.0. The molecule has 4 heteroatoms.